The second-order valence-electron chi connectivity index (χ2n) is 5.33. The highest BCUT2D eigenvalue weighted by molar-refractivity contribution is 5.81. The first-order chi connectivity index (χ1) is 9.20. The highest BCUT2D eigenvalue weighted by Gasteiger charge is 2.02. The van der Waals surface area contributed by atoms with Gasteiger partial charge in [-0.25, -0.2) is 0 Å². The molecule has 0 atom stereocenters. The normalized spacial score (nSPS) is 11.1. The van der Waals surface area contributed by atoms with Crippen molar-refractivity contribution in [2.45, 2.75) is 26.8 Å². The second-order valence-corrected chi connectivity index (χ2v) is 5.33. The van der Waals surface area contributed by atoms with E-state index in [1.54, 1.807) is 0 Å². The molecule has 3 nitrogen and oxygen atoms in total. The number of benzene rings is 1. The van der Waals surface area contributed by atoms with Gasteiger partial charge in [-0.2, -0.15) is 5.26 Å². The molecule has 0 unspecified atom stereocenters. The van der Waals surface area contributed by atoms with Crippen LogP contribution in [0.3, 0.4) is 0 Å². The number of fused-ring (bicyclic) bond motifs is 1. The Bertz CT molecular complexity index is 575. The number of hydrogen-bond donors (Lipinski definition) is 1. The third kappa shape index (κ3) is 3.59. The molecule has 0 bridgehead atoms. The summed E-state index contributed by atoms with van der Waals surface area (Å²) < 4.78 is 2.21. The summed E-state index contributed by atoms with van der Waals surface area (Å²) in [5.74, 6) is 0.748. The lowest BCUT2D eigenvalue weighted by Gasteiger charge is -2.09. The average Bonchev–Trinajstić information content (AvgIpc) is 2.80. The molecule has 0 saturated carbocycles. The van der Waals surface area contributed by atoms with Crippen molar-refractivity contribution in [3.8, 4) is 6.07 Å². The molecule has 100 valence electrons. The van der Waals surface area contributed by atoms with Gasteiger partial charge in [0.15, 0.2) is 0 Å². The van der Waals surface area contributed by atoms with Crippen LogP contribution in [0.5, 0.6) is 0 Å². The Balaban J connectivity index is 1.95. The molecule has 2 rings (SSSR count). The quantitative estimate of drug-likeness (QED) is 0.806. The van der Waals surface area contributed by atoms with E-state index >= 15 is 0 Å². The third-order valence-corrected chi connectivity index (χ3v) is 3.33. The predicted octanol–water partition coefficient (Wildman–Crippen LogP) is 3.15. The molecule has 0 aliphatic carbocycles. The van der Waals surface area contributed by atoms with Gasteiger partial charge in [-0.15, -0.1) is 0 Å². The number of nitrogens with one attached hydrogen (secondary N) is 1. The lowest BCUT2D eigenvalue weighted by atomic mass is 10.1. The van der Waals surface area contributed by atoms with E-state index in [1.807, 2.05) is 18.2 Å². The van der Waals surface area contributed by atoms with Crippen molar-refractivity contribution in [2.75, 3.05) is 13.1 Å². The monoisotopic (exact) mass is 255 g/mol. The van der Waals surface area contributed by atoms with Crippen molar-refractivity contribution in [1.29, 1.82) is 5.26 Å². The van der Waals surface area contributed by atoms with Crippen LogP contribution in [0.2, 0.25) is 0 Å². The first-order valence-electron chi connectivity index (χ1n) is 6.90. The molecule has 1 aromatic heterocycles. The molecule has 0 spiro atoms. The molecule has 0 amide bonds. The minimum absolute atomic E-state index is 0.722. The number of hydrogen-bond acceptors (Lipinski definition) is 2. The topological polar surface area (TPSA) is 40.8 Å². The predicted molar refractivity (Wildman–Crippen MR) is 79.0 cm³/mol. The maximum Gasteiger partial charge on any atom is 0.0992 e. The zero-order valence-electron chi connectivity index (χ0n) is 11.7. The van der Waals surface area contributed by atoms with Crippen molar-refractivity contribution in [2.24, 2.45) is 5.92 Å². The zero-order chi connectivity index (χ0) is 13.7. The lowest BCUT2D eigenvalue weighted by Crippen LogP contribution is -2.21. The minimum atomic E-state index is 0.722. The Kier molecular flexibility index (Phi) is 4.59. The highest BCUT2D eigenvalue weighted by Crippen LogP contribution is 2.17. The Morgan fingerprint density at radius 3 is 2.84 bits per heavy atom. The molecule has 0 radical (unpaired) electrons. The Morgan fingerprint density at radius 2 is 2.11 bits per heavy atom. The standard InChI is InChI=1S/C16H21N3/c1-13(2)5-7-18-8-10-19-9-6-15-4-3-14(12-17)11-16(15)19/h3-4,6,9,11,13,18H,5,7-8,10H2,1-2H3. The molecular weight excluding hydrogens is 234 g/mol. The van der Waals surface area contributed by atoms with E-state index < -0.39 is 0 Å². The van der Waals surface area contributed by atoms with E-state index in [9.17, 15) is 0 Å². The lowest BCUT2D eigenvalue weighted by molar-refractivity contribution is 0.522. The number of nitrogens with zero attached hydrogens (tertiary/aromatic N) is 2. The van der Waals surface area contributed by atoms with Crippen molar-refractivity contribution in [1.82, 2.24) is 9.88 Å². The molecule has 1 aromatic carbocycles. The summed E-state index contributed by atoms with van der Waals surface area (Å²) in [5.41, 5.74) is 1.87. The average molecular weight is 255 g/mol. The van der Waals surface area contributed by atoms with Gasteiger partial charge in [0, 0.05) is 24.8 Å². The highest BCUT2D eigenvalue weighted by atomic mass is 15.0. The van der Waals surface area contributed by atoms with Crippen molar-refractivity contribution >= 4 is 10.9 Å². The number of aromatic nitrogens is 1. The fraction of sp³-hybridized carbons (Fsp3) is 0.438. The van der Waals surface area contributed by atoms with Crippen molar-refractivity contribution in [3.63, 3.8) is 0 Å². The van der Waals surface area contributed by atoms with Crippen LogP contribution in [0.25, 0.3) is 10.9 Å². The Hall–Kier alpha value is -1.79. The van der Waals surface area contributed by atoms with Crippen LogP contribution in [0.4, 0.5) is 0 Å². The van der Waals surface area contributed by atoms with Crippen LogP contribution in [0.1, 0.15) is 25.8 Å². The molecule has 3 heteroatoms. The smallest absolute Gasteiger partial charge is 0.0992 e. The van der Waals surface area contributed by atoms with E-state index in [-0.39, 0.29) is 0 Å². The van der Waals surface area contributed by atoms with Gasteiger partial charge >= 0.3 is 0 Å². The molecule has 19 heavy (non-hydrogen) atoms. The van der Waals surface area contributed by atoms with Gasteiger partial charge in [-0.1, -0.05) is 19.9 Å². The Morgan fingerprint density at radius 1 is 1.26 bits per heavy atom. The molecule has 0 aliphatic heterocycles. The van der Waals surface area contributed by atoms with Gasteiger partial charge in [-0.3, -0.25) is 0 Å². The largest absolute Gasteiger partial charge is 0.346 e. The minimum Gasteiger partial charge on any atom is -0.346 e. The summed E-state index contributed by atoms with van der Waals surface area (Å²) in [6, 6.07) is 10.1. The summed E-state index contributed by atoms with van der Waals surface area (Å²) in [4.78, 5) is 0. The fourth-order valence-corrected chi connectivity index (χ4v) is 2.16. The van der Waals surface area contributed by atoms with Gasteiger partial charge in [0.05, 0.1) is 11.6 Å². The molecule has 0 aliphatic rings. The van der Waals surface area contributed by atoms with E-state index in [0.29, 0.717) is 0 Å². The molecule has 1 N–H and O–H groups in total. The molecule has 0 fully saturated rings. The maximum absolute atomic E-state index is 8.95. The van der Waals surface area contributed by atoms with E-state index in [4.69, 9.17) is 5.26 Å². The van der Waals surface area contributed by atoms with Crippen LogP contribution in [-0.4, -0.2) is 17.7 Å². The van der Waals surface area contributed by atoms with E-state index in [1.165, 1.54) is 11.8 Å². The third-order valence-electron chi connectivity index (χ3n) is 3.33. The maximum atomic E-state index is 8.95. The van der Waals surface area contributed by atoms with Crippen LogP contribution in [-0.2, 0) is 6.54 Å². The summed E-state index contributed by atoms with van der Waals surface area (Å²) in [7, 11) is 0. The molecular formula is C16H21N3. The van der Waals surface area contributed by atoms with Crippen LogP contribution < -0.4 is 5.32 Å². The van der Waals surface area contributed by atoms with Gasteiger partial charge in [0.1, 0.15) is 0 Å². The summed E-state index contributed by atoms with van der Waals surface area (Å²) >= 11 is 0. The van der Waals surface area contributed by atoms with Gasteiger partial charge in [0.25, 0.3) is 0 Å². The summed E-state index contributed by atoms with van der Waals surface area (Å²) in [6.07, 6.45) is 3.31. The van der Waals surface area contributed by atoms with E-state index in [2.05, 4.69) is 42.1 Å². The van der Waals surface area contributed by atoms with Crippen molar-refractivity contribution < 1.29 is 0 Å². The first kappa shape index (κ1) is 13.6. The SMILES string of the molecule is CC(C)CCNCCn1ccc2ccc(C#N)cc21. The zero-order valence-corrected chi connectivity index (χ0v) is 11.7. The van der Waals surface area contributed by atoms with Crippen molar-refractivity contribution in [3.05, 3.63) is 36.0 Å². The molecule has 0 saturated heterocycles. The second kappa shape index (κ2) is 6.40. The van der Waals surface area contributed by atoms with Crippen LogP contribution in [0.15, 0.2) is 30.5 Å². The Labute approximate surface area is 114 Å². The molecule has 2 aromatic rings. The van der Waals surface area contributed by atoms with Crippen LogP contribution >= 0.6 is 0 Å². The van der Waals surface area contributed by atoms with Gasteiger partial charge in [-0.05, 0) is 42.5 Å². The fourth-order valence-electron chi connectivity index (χ4n) is 2.16. The molecule has 1 heterocycles. The summed E-state index contributed by atoms with van der Waals surface area (Å²) in [5, 5.41) is 13.6. The van der Waals surface area contributed by atoms with Gasteiger partial charge in [0.2, 0.25) is 0 Å². The number of rotatable bonds is 6. The summed E-state index contributed by atoms with van der Waals surface area (Å²) in [6.45, 7) is 7.46. The van der Waals surface area contributed by atoms with Crippen LogP contribution in [0, 0.1) is 17.2 Å². The first-order valence-corrected chi connectivity index (χ1v) is 6.90. The number of nitriles is 1. The van der Waals surface area contributed by atoms with E-state index in [0.717, 1.165) is 36.6 Å². The van der Waals surface area contributed by atoms with Gasteiger partial charge < -0.3 is 9.88 Å².